The zero-order chi connectivity index (χ0) is 13.9. The smallest absolute Gasteiger partial charge is 0.217 e. The standard InChI is InChI=1S/C7H17NO3.CH4O4S/c8-7(1-4-9,2-5-10)3-6-11;1-5-6(2,3)4/h9-11H,1-6,8H2;1H3,(H,2,3,4). The number of aliphatic hydroxyl groups is 3. The summed E-state index contributed by atoms with van der Waals surface area (Å²) in [5.74, 6) is 0. The second-order valence-corrected chi connectivity index (χ2v) is 4.65. The third kappa shape index (κ3) is 13.6. The third-order valence-corrected chi connectivity index (χ3v) is 2.54. The molecule has 0 unspecified atom stereocenters. The van der Waals surface area contributed by atoms with Crippen molar-refractivity contribution >= 4 is 10.4 Å². The zero-order valence-corrected chi connectivity index (χ0v) is 10.6. The SMILES string of the molecule is COS(=O)(=O)[O-].[NH3+]C(CCO)(CCO)CCO. The lowest BCUT2D eigenvalue weighted by atomic mass is 9.90. The number of quaternary nitrogens is 1. The molecule has 106 valence electrons. The molecule has 0 fully saturated rings. The van der Waals surface area contributed by atoms with E-state index in [1.54, 1.807) is 0 Å². The van der Waals surface area contributed by atoms with Crippen LogP contribution in [0.4, 0.5) is 0 Å². The Morgan fingerprint density at radius 2 is 1.35 bits per heavy atom. The Balaban J connectivity index is 0. The van der Waals surface area contributed by atoms with E-state index in [2.05, 4.69) is 9.92 Å². The highest BCUT2D eigenvalue weighted by atomic mass is 32.3. The first-order chi connectivity index (χ1) is 7.74. The summed E-state index contributed by atoms with van der Waals surface area (Å²) in [6, 6.07) is 0. The second kappa shape index (κ2) is 9.71. The van der Waals surface area contributed by atoms with E-state index < -0.39 is 10.4 Å². The Bertz CT molecular complexity index is 250. The maximum absolute atomic E-state index is 9.22. The molecule has 0 heterocycles. The molecule has 8 nitrogen and oxygen atoms in total. The summed E-state index contributed by atoms with van der Waals surface area (Å²) in [4.78, 5) is 0. The topological polar surface area (TPSA) is 155 Å². The van der Waals surface area contributed by atoms with Crippen LogP contribution in [0.15, 0.2) is 0 Å². The van der Waals surface area contributed by atoms with E-state index in [-0.39, 0.29) is 25.4 Å². The van der Waals surface area contributed by atoms with Gasteiger partial charge in [-0.25, -0.2) is 8.42 Å². The van der Waals surface area contributed by atoms with Gasteiger partial charge in [0, 0.05) is 39.1 Å². The van der Waals surface area contributed by atoms with Crippen LogP contribution in [0, 0.1) is 0 Å². The van der Waals surface area contributed by atoms with Crippen LogP contribution in [-0.2, 0) is 14.6 Å². The minimum atomic E-state index is -4.41. The minimum absolute atomic E-state index is 0.0590. The Kier molecular flexibility index (Phi) is 10.9. The molecule has 0 rings (SSSR count). The van der Waals surface area contributed by atoms with E-state index in [1.165, 1.54) is 0 Å². The molecule has 0 saturated carbocycles. The molecule has 0 aliphatic heterocycles. The lowest BCUT2D eigenvalue weighted by Gasteiger charge is -2.22. The van der Waals surface area contributed by atoms with Crippen LogP contribution < -0.4 is 5.73 Å². The van der Waals surface area contributed by atoms with Gasteiger partial charge in [0.05, 0.1) is 7.11 Å². The summed E-state index contributed by atoms with van der Waals surface area (Å²) in [6.45, 7) is 0.177. The number of hydrogen-bond acceptors (Lipinski definition) is 7. The fourth-order valence-electron chi connectivity index (χ4n) is 1.09. The molecule has 0 spiro atoms. The van der Waals surface area contributed by atoms with E-state index in [1.807, 2.05) is 0 Å². The Hall–Kier alpha value is -0.290. The van der Waals surface area contributed by atoms with Crippen LogP contribution in [0.5, 0.6) is 0 Å². The lowest BCUT2D eigenvalue weighted by molar-refractivity contribution is -0.485. The van der Waals surface area contributed by atoms with Gasteiger partial charge in [0.15, 0.2) is 0 Å². The molecule has 0 bridgehead atoms. The molecule has 0 atom stereocenters. The average molecular weight is 275 g/mol. The number of rotatable bonds is 7. The van der Waals surface area contributed by atoms with E-state index in [4.69, 9.17) is 15.3 Å². The molecule has 0 aromatic heterocycles. The first-order valence-electron chi connectivity index (χ1n) is 4.94. The van der Waals surface area contributed by atoms with E-state index >= 15 is 0 Å². The predicted molar refractivity (Wildman–Crippen MR) is 57.4 cm³/mol. The van der Waals surface area contributed by atoms with Crippen molar-refractivity contribution in [2.75, 3.05) is 26.9 Å². The average Bonchev–Trinajstić information content (AvgIpc) is 2.18. The molecule has 0 saturated heterocycles. The summed E-state index contributed by atoms with van der Waals surface area (Å²) < 4.78 is 31.0. The van der Waals surface area contributed by atoms with Crippen LogP contribution in [0.25, 0.3) is 0 Å². The minimum Gasteiger partial charge on any atom is -0.726 e. The van der Waals surface area contributed by atoms with Gasteiger partial charge in [0.2, 0.25) is 10.4 Å². The summed E-state index contributed by atoms with van der Waals surface area (Å²) >= 11 is 0. The molecular formula is C8H21NO7S. The quantitative estimate of drug-likeness (QED) is 0.289. The molecule has 0 aliphatic rings. The summed E-state index contributed by atoms with van der Waals surface area (Å²) in [5.41, 5.74) is 3.51. The Morgan fingerprint density at radius 1 is 1.12 bits per heavy atom. The summed E-state index contributed by atoms with van der Waals surface area (Å²) in [6.07, 6.45) is 1.61. The van der Waals surface area contributed by atoms with Gasteiger partial charge in [0.1, 0.15) is 5.54 Å². The fraction of sp³-hybridized carbons (Fsp3) is 1.00. The van der Waals surface area contributed by atoms with Gasteiger partial charge in [-0.2, -0.15) is 0 Å². The van der Waals surface area contributed by atoms with E-state index in [9.17, 15) is 13.0 Å². The van der Waals surface area contributed by atoms with E-state index in [0.717, 1.165) is 7.11 Å². The van der Waals surface area contributed by atoms with Crippen molar-refractivity contribution in [1.82, 2.24) is 0 Å². The normalized spacial score (nSPS) is 11.9. The van der Waals surface area contributed by atoms with Gasteiger partial charge in [0.25, 0.3) is 0 Å². The van der Waals surface area contributed by atoms with Gasteiger partial charge in [-0.05, 0) is 0 Å². The van der Waals surface area contributed by atoms with Crippen LogP contribution in [0.1, 0.15) is 19.3 Å². The van der Waals surface area contributed by atoms with Crippen LogP contribution >= 0.6 is 0 Å². The molecule has 6 N–H and O–H groups in total. The fourth-order valence-corrected chi connectivity index (χ4v) is 1.09. The van der Waals surface area contributed by atoms with Gasteiger partial charge in [-0.3, -0.25) is 4.18 Å². The second-order valence-electron chi connectivity index (χ2n) is 3.50. The molecule has 0 aromatic carbocycles. The van der Waals surface area contributed by atoms with Crippen molar-refractivity contribution in [3.8, 4) is 0 Å². The largest absolute Gasteiger partial charge is 0.726 e. The summed E-state index contributed by atoms with van der Waals surface area (Å²) in [5, 5.41) is 26.0. The molecular weight excluding hydrogens is 254 g/mol. The highest BCUT2D eigenvalue weighted by molar-refractivity contribution is 7.80. The lowest BCUT2D eigenvalue weighted by Crippen LogP contribution is -2.73. The van der Waals surface area contributed by atoms with Crippen LogP contribution in [0.2, 0.25) is 0 Å². The van der Waals surface area contributed by atoms with Gasteiger partial charge in [-0.15, -0.1) is 0 Å². The molecule has 0 amide bonds. The van der Waals surface area contributed by atoms with Crippen LogP contribution in [0.3, 0.4) is 0 Å². The number of aliphatic hydroxyl groups excluding tert-OH is 3. The molecule has 0 radical (unpaired) electrons. The van der Waals surface area contributed by atoms with Gasteiger partial charge >= 0.3 is 0 Å². The summed E-state index contributed by atoms with van der Waals surface area (Å²) in [7, 11) is -3.60. The number of hydrogen-bond donors (Lipinski definition) is 4. The molecule has 17 heavy (non-hydrogen) atoms. The highest BCUT2D eigenvalue weighted by Gasteiger charge is 2.26. The van der Waals surface area contributed by atoms with Crippen molar-refractivity contribution in [3.63, 3.8) is 0 Å². The third-order valence-electron chi connectivity index (χ3n) is 2.13. The molecule has 0 aromatic rings. The van der Waals surface area contributed by atoms with Crippen LogP contribution in [-0.4, -0.2) is 60.8 Å². The molecule has 0 aliphatic carbocycles. The van der Waals surface area contributed by atoms with Crippen molar-refractivity contribution in [2.24, 2.45) is 0 Å². The predicted octanol–water partition coefficient (Wildman–Crippen LogP) is -2.79. The first-order valence-corrected chi connectivity index (χ1v) is 6.27. The van der Waals surface area contributed by atoms with Gasteiger partial charge < -0.3 is 25.6 Å². The highest BCUT2D eigenvalue weighted by Crippen LogP contribution is 2.12. The maximum Gasteiger partial charge on any atom is 0.217 e. The monoisotopic (exact) mass is 275 g/mol. The van der Waals surface area contributed by atoms with Crippen molar-refractivity contribution in [2.45, 2.75) is 24.8 Å². The van der Waals surface area contributed by atoms with Crippen molar-refractivity contribution < 1.29 is 38.2 Å². The first kappa shape index (κ1) is 19.1. The van der Waals surface area contributed by atoms with Crippen molar-refractivity contribution in [1.29, 1.82) is 0 Å². The Labute approximate surface area is 101 Å². The van der Waals surface area contributed by atoms with Crippen molar-refractivity contribution in [3.05, 3.63) is 0 Å². The molecule has 9 heteroatoms. The van der Waals surface area contributed by atoms with Gasteiger partial charge in [-0.1, -0.05) is 0 Å². The maximum atomic E-state index is 9.22. The Morgan fingerprint density at radius 3 is 1.47 bits per heavy atom. The zero-order valence-electron chi connectivity index (χ0n) is 9.83. The van der Waals surface area contributed by atoms with E-state index in [0.29, 0.717) is 19.3 Å².